The van der Waals surface area contributed by atoms with E-state index in [1.54, 1.807) is 0 Å². The van der Waals surface area contributed by atoms with Crippen molar-refractivity contribution in [3.8, 4) is 0 Å². The van der Waals surface area contributed by atoms with Crippen molar-refractivity contribution in [2.24, 2.45) is 4.99 Å². The van der Waals surface area contributed by atoms with E-state index in [9.17, 15) is 18.0 Å². The number of ether oxygens (including phenoxy) is 2. The lowest BCUT2D eigenvalue weighted by molar-refractivity contribution is -0.180. The number of alkyl halides is 3. The zero-order valence-electron chi connectivity index (χ0n) is 8.11. The van der Waals surface area contributed by atoms with Crippen molar-refractivity contribution in [3.05, 3.63) is 12.0 Å². The summed E-state index contributed by atoms with van der Waals surface area (Å²) in [6, 6.07) is 0. The molecule has 2 heterocycles. The third kappa shape index (κ3) is 1.64. The highest BCUT2D eigenvalue weighted by atomic mass is 19.4. The second-order valence-corrected chi connectivity index (χ2v) is 3.19. The molecule has 0 aromatic carbocycles. The Morgan fingerprint density at radius 2 is 2.31 bits per heavy atom. The van der Waals surface area contributed by atoms with Crippen molar-refractivity contribution in [1.29, 1.82) is 0 Å². The largest absolute Gasteiger partial charge is 0.471 e. The van der Waals surface area contributed by atoms with Gasteiger partial charge in [0, 0.05) is 7.05 Å². The number of aliphatic imine (C=N–C) groups is 1. The smallest absolute Gasteiger partial charge is 0.467 e. The number of amides is 1. The standard InChI is InChI=1S/C8H7F3N2O3/c1-13(7(14)8(9,10)11)6-5-4(2-12-6)15-3-16-5/h2,5H,3H2,1H3. The number of likely N-dealkylation sites (N-methyl/N-ethyl adjacent to an activating group) is 1. The molecule has 1 fully saturated rings. The number of amidine groups is 1. The van der Waals surface area contributed by atoms with Gasteiger partial charge in [-0.3, -0.25) is 9.69 Å². The molecule has 1 amide bonds. The van der Waals surface area contributed by atoms with Gasteiger partial charge in [-0.1, -0.05) is 0 Å². The van der Waals surface area contributed by atoms with Gasteiger partial charge in [-0.2, -0.15) is 13.2 Å². The molecular weight excluding hydrogens is 229 g/mol. The van der Waals surface area contributed by atoms with E-state index >= 15 is 0 Å². The van der Waals surface area contributed by atoms with Crippen molar-refractivity contribution in [2.45, 2.75) is 12.3 Å². The number of hydrogen-bond acceptors (Lipinski definition) is 4. The first-order valence-electron chi connectivity index (χ1n) is 4.28. The lowest BCUT2D eigenvalue weighted by atomic mass is 10.3. The molecule has 2 aliphatic rings. The normalized spacial score (nSPS) is 23.4. The van der Waals surface area contributed by atoms with Crippen LogP contribution in [0.4, 0.5) is 13.2 Å². The van der Waals surface area contributed by atoms with Crippen LogP contribution < -0.4 is 0 Å². The Morgan fingerprint density at radius 3 is 2.94 bits per heavy atom. The van der Waals surface area contributed by atoms with E-state index in [0.29, 0.717) is 10.7 Å². The average Bonchev–Trinajstić information content (AvgIpc) is 2.74. The van der Waals surface area contributed by atoms with Gasteiger partial charge in [0.25, 0.3) is 0 Å². The lowest BCUT2D eigenvalue weighted by Crippen LogP contribution is -2.45. The summed E-state index contributed by atoms with van der Waals surface area (Å²) in [5.41, 5.74) is 0. The molecule has 0 bridgehead atoms. The Balaban J connectivity index is 2.13. The van der Waals surface area contributed by atoms with E-state index in [0.717, 1.165) is 7.05 Å². The van der Waals surface area contributed by atoms with Crippen LogP contribution in [-0.4, -0.2) is 42.8 Å². The third-order valence-corrected chi connectivity index (χ3v) is 2.17. The van der Waals surface area contributed by atoms with Gasteiger partial charge >= 0.3 is 12.1 Å². The van der Waals surface area contributed by atoms with Crippen LogP contribution in [0.25, 0.3) is 0 Å². The SMILES string of the molecule is CN(C(=O)C(F)(F)F)C1=NC=C2OCOC21. The molecule has 0 saturated carbocycles. The van der Waals surface area contributed by atoms with E-state index in [1.807, 2.05) is 0 Å². The second-order valence-electron chi connectivity index (χ2n) is 3.19. The van der Waals surface area contributed by atoms with Gasteiger partial charge in [-0.25, -0.2) is 4.99 Å². The number of hydrogen-bond donors (Lipinski definition) is 0. The highest BCUT2D eigenvalue weighted by Gasteiger charge is 2.46. The predicted molar refractivity (Wildman–Crippen MR) is 45.2 cm³/mol. The maximum Gasteiger partial charge on any atom is 0.471 e. The molecule has 0 aromatic rings. The first-order valence-corrected chi connectivity index (χ1v) is 4.28. The summed E-state index contributed by atoms with van der Waals surface area (Å²) in [5, 5.41) is 0. The Bertz CT molecular complexity index is 388. The number of rotatable bonds is 0. The van der Waals surface area contributed by atoms with Crippen LogP contribution in [0.5, 0.6) is 0 Å². The third-order valence-electron chi connectivity index (χ3n) is 2.17. The lowest BCUT2D eigenvalue weighted by Gasteiger charge is -2.20. The molecule has 0 N–H and O–H groups in total. The minimum Gasteiger partial charge on any atom is -0.467 e. The van der Waals surface area contributed by atoms with Crippen LogP contribution >= 0.6 is 0 Å². The molecule has 0 aliphatic carbocycles. The van der Waals surface area contributed by atoms with Crippen LogP contribution in [0.3, 0.4) is 0 Å². The van der Waals surface area contributed by atoms with Crippen molar-refractivity contribution in [1.82, 2.24) is 4.90 Å². The van der Waals surface area contributed by atoms with Gasteiger partial charge in [-0.05, 0) is 0 Å². The molecule has 2 rings (SSSR count). The summed E-state index contributed by atoms with van der Waals surface area (Å²) in [6.45, 7) is -0.0520. The van der Waals surface area contributed by atoms with Gasteiger partial charge in [0.2, 0.25) is 0 Å². The fourth-order valence-electron chi connectivity index (χ4n) is 1.39. The molecule has 1 unspecified atom stereocenters. The van der Waals surface area contributed by atoms with Crippen LogP contribution in [0, 0.1) is 0 Å². The molecule has 5 nitrogen and oxygen atoms in total. The zero-order chi connectivity index (χ0) is 11.9. The van der Waals surface area contributed by atoms with E-state index in [1.165, 1.54) is 6.20 Å². The highest BCUT2D eigenvalue weighted by Crippen LogP contribution is 2.26. The molecule has 0 aromatic heterocycles. The van der Waals surface area contributed by atoms with Crippen molar-refractivity contribution in [2.75, 3.05) is 13.8 Å². The fourth-order valence-corrected chi connectivity index (χ4v) is 1.39. The molecule has 1 saturated heterocycles. The zero-order valence-corrected chi connectivity index (χ0v) is 8.11. The predicted octanol–water partition coefficient (Wildman–Crippen LogP) is 0.633. The number of carbonyl (C=O) groups is 1. The highest BCUT2D eigenvalue weighted by molar-refractivity contribution is 6.04. The molecule has 16 heavy (non-hydrogen) atoms. The Kier molecular flexibility index (Phi) is 2.38. The van der Waals surface area contributed by atoms with E-state index < -0.39 is 18.2 Å². The molecule has 88 valence electrons. The van der Waals surface area contributed by atoms with Gasteiger partial charge in [0.15, 0.2) is 18.7 Å². The maximum absolute atomic E-state index is 12.2. The molecule has 0 radical (unpaired) electrons. The van der Waals surface area contributed by atoms with Crippen LogP contribution in [0.1, 0.15) is 0 Å². The molecule has 8 heteroatoms. The van der Waals surface area contributed by atoms with Crippen molar-refractivity contribution < 1.29 is 27.4 Å². The summed E-state index contributed by atoms with van der Waals surface area (Å²) in [6.07, 6.45) is -4.50. The number of fused-ring (bicyclic) bond motifs is 1. The minimum absolute atomic E-state index is 0.0520. The van der Waals surface area contributed by atoms with Crippen molar-refractivity contribution in [3.63, 3.8) is 0 Å². The summed E-state index contributed by atoms with van der Waals surface area (Å²) in [5.74, 6) is -1.79. The van der Waals surface area contributed by atoms with Gasteiger partial charge in [0.05, 0.1) is 6.20 Å². The average molecular weight is 236 g/mol. The first-order chi connectivity index (χ1) is 7.41. The van der Waals surface area contributed by atoms with E-state index in [4.69, 9.17) is 9.47 Å². The quantitative estimate of drug-likeness (QED) is 0.620. The van der Waals surface area contributed by atoms with E-state index in [-0.39, 0.29) is 12.6 Å². The summed E-state index contributed by atoms with van der Waals surface area (Å²) >= 11 is 0. The van der Waals surface area contributed by atoms with E-state index in [2.05, 4.69) is 4.99 Å². The minimum atomic E-state index is -4.93. The summed E-state index contributed by atoms with van der Waals surface area (Å²) in [4.78, 5) is 15.0. The second kappa shape index (κ2) is 3.48. The molecule has 1 atom stereocenters. The van der Waals surface area contributed by atoms with Crippen LogP contribution in [0.2, 0.25) is 0 Å². The van der Waals surface area contributed by atoms with Crippen LogP contribution in [0.15, 0.2) is 17.0 Å². The maximum atomic E-state index is 12.2. The fraction of sp³-hybridized carbons (Fsp3) is 0.500. The van der Waals surface area contributed by atoms with Crippen molar-refractivity contribution >= 4 is 11.7 Å². The van der Waals surface area contributed by atoms with Gasteiger partial charge < -0.3 is 9.47 Å². The monoisotopic (exact) mass is 236 g/mol. The van der Waals surface area contributed by atoms with Crippen LogP contribution in [-0.2, 0) is 14.3 Å². The Hall–Kier alpha value is -1.57. The van der Waals surface area contributed by atoms with Gasteiger partial charge in [0.1, 0.15) is 5.84 Å². The number of nitrogens with zero attached hydrogens (tertiary/aromatic N) is 2. The number of carbonyl (C=O) groups excluding carboxylic acids is 1. The Morgan fingerprint density at radius 1 is 1.62 bits per heavy atom. The topological polar surface area (TPSA) is 51.1 Å². The van der Waals surface area contributed by atoms with Gasteiger partial charge in [-0.15, -0.1) is 0 Å². The molecular formula is C8H7F3N2O3. The Labute approximate surface area is 88.1 Å². The number of halogens is 3. The summed E-state index contributed by atoms with van der Waals surface area (Å²) < 4.78 is 46.4. The first kappa shape index (κ1) is 10.9. The molecule has 2 aliphatic heterocycles. The molecule has 0 spiro atoms. The summed E-state index contributed by atoms with van der Waals surface area (Å²) in [7, 11) is 0.993.